The lowest BCUT2D eigenvalue weighted by atomic mass is 9.89. The van der Waals surface area contributed by atoms with Crippen LogP contribution in [0.3, 0.4) is 0 Å². The van der Waals surface area contributed by atoms with Gasteiger partial charge in [-0.05, 0) is 66.3 Å². The van der Waals surface area contributed by atoms with Crippen LogP contribution in [0.4, 0.5) is 0 Å². The number of rotatable bonds is 17. The number of hydrogen-bond donors (Lipinski definition) is 4. The standard InChI is InChI=1S/C44H55N3O6/c1-30-40(28-47(4)31(2)42(51)36-13-7-5-8-14-36)52-44(53-43(30)37-19-17-33(29-48)18-20-37)38-23-21-35(22-24-38)39-15-11-12-34(26-39)27-46-41(50)16-9-6-10-25-45-32(3)49/h5,7-8,11-15,17-24,26,30-31,40,42-44,48,51H,6,9-10,16,25,27-29H2,1-4H3,(H,45,49)(H,46,50)/t30-,31+,40+,42+,43+,44+/m0/s1. The van der Waals surface area contributed by atoms with E-state index in [0.29, 0.717) is 26.1 Å². The molecule has 282 valence electrons. The summed E-state index contributed by atoms with van der Waals surface area (Å²) in [4.78, 5) is 25.6. The van der Waals surface area contributed by atoms with E-state index in [0.717, 1.165) is 58.2 Å². The summed E-state index contributed by atoms with van der Waals surface area (Å²) in [6.45, 7) is 7.36. The minimum Gasteiger partial charge on any atom is -0.392 e. The predicted molar refractivity (Wildman–Crippen MR) is 207 cm³/mol. The van der Waals surface area contributed by atoms with Gasteiger partial charge in [0.1, 0.15) is 0 Å². The second-order valence-electron chi connectivity index (χ2n) is 14.3. The number of aliphatic hydroxyl groups is 2. The number of ether oxygens (including phenoxy) is 2. The summed E-state index contributed by atoms with van der Waals surface area (Å²) in [5.74, 6) is 0.00117. The third-order valence-corrected chi connectivity index (χ3v) is 10.3. The minimum absolute atomic E-state index is 0.00675. The maximum atomic E-state index is 12.4. The molecule has 0 spiro atoms. The van der Waals surface area contributed by atoms with Crippen LogP contribution in [0.15, 0.2) is 103 Å². The number of amides is 2. The van der Waals surface area contributed by atoms with E-state index in [2.05, 4.69) is 46.7 Å². The molecule has 0 saturated carbocycles. The van der Waals surface area contributed by atoms with Crippen LogP contribution < -0.4 is 10.6 Å². The highest BCUT2D eigenvalue weighted by Crippen LogP contribution is 2.42. The molecule has 1 fully saturated rings. The number of benzene rings is 4. The lowest BCUT2D eigenvalue weighted by Crippen LogP contribution is -2.46. The van der Waals surface area contributed by atoms with Gasteiger partial charge in [-0.2, -0.15) is 0 Å². The number of carbonyl (C=O) groups is 2. The molecule has 0 unspecified atom stereocenters. The van der Waals surface area contributed by atoms with Crippen molar-refractivity contribution in [1.82, 2.24) is 15.5 Å². The van der Waals surface area contributed by atoms with Crippen LogP contribution in [0.2, 0.25) is 0 Å². The first-order valence-electron chi connectivity index (χ1n) is 18.8. The van der Waals surface area contributed by atoms with Gasteiger partial charge in [0.15, 0.2) is 6.29 Å². The molecular weight excluding hydrogens is 666 g/mol. The third kappa shape index (κ3) is 11.3. The van der Waals surface area contributed by atoms with E-state index in [1.54, 1.807) is 0 Å². The fourth-order valence-electron chi connectivity index (χ4n) is 6.78. The van der Waals surface area contributed by atoms with Gasteiger partial charge in [-0.1, -0.05) is 110 Å². The molecule has 4 aromatic carbocycles. The number of nitrogens with one attached hydrogen (secondary N) is 2. The van der Waals surface area contributed by atoms with Crippen molar-refractivity contribution in [2.24, 2.45) is 5.92 Å². The number of nitrogens with zero attached hydrogens (tertiary/aromatic N) is 1. The molecule has 0 aliphatic carbocycles. The van der Waals surface area contributed by atoms with Crippen molar-refractivity contribution in [3.63, 3.8) is 0 Å². The molecular formula is C44H55N3O6. The van der Waals surface area contributed by atoms with Crippen LogP contribution in [0.5, 0.6) is 0 Å². The maximum Gasteiger partial charge on any atom is 0.220 e. The van der Waals surface area contributed by atoms with E-state index in [4.69, 9.17) is 9.47 Å². The van der Waals surface area contributed by atoms with E-state index in [9.17, 15) is 19.8 Å². The molecule has 4 aromatic rings. The number of carbonyl (C=O) groups excluding carboxylic acids is 2. The summed E-state index contributed by atoms with van der Waals surface area (Å²) in [5.41, 5.74) is 6.77. The minimum atomic E-state index is -0.644. The van der Waals surface area contributed by atoms with Crippen molar-refractivity contribution in [3.05, 3.63) is 131 Å². The van der Waals surface area contributed by atoms with E-state index in [1.165, 1.54) is 6.92 Å². The lowest BCUT2D eigenvalue weighted by molar-refractivity contribution is -0.276. The SMILES string of the molecule is CC(=O)NCCCCCC(=O)NCc1cccc(-c2ccc([C@@H]3O[C@H](CN(C)[C@H](C)[C@@H](O)c4ccccc4)[C@H](C)[C@H](c4ccc(CO)cc4)O3)cc2)c1. The molecule has 0 radical (unpaired) electrons. The topological polar surface area (TPSA) is 120 Å². The predicted octanol–water partition coefficient (Wildman–Crippen LogP) is 7.00. The first-order valence-corrected chi connectivity index (χ1v) is 18.8. The second kappa shape index (κ2) is 19.6. The number of likely N-dealkylation sites (N-methyl/N-ethyl adjacent to an activating group) is 1. The molecule has 9 heteroatoms. The zero-order valence-corrected chi connectivity index (χ0v) is 31.4. The summed E-state index contributed by atoms with van der Waals surface area (Å²) in [6, 6.07) is 33.9. The van der Waals surface area contributed by atoms with Gasteiger partial charge in [-0.3, -0.25) is 14.5 Å². The molecule has 1 heterocycles. The summed E-state index contributed by atoms with van der Waals surface area (Å²) in [6.07, 6.45) is 1.32. The van der Waals surface area contributed by atoms with Crippen molar-refractivity contribution in [3.8, 4) is 11.1 Å². The normalized spacial score (nSPS) is 19.8. The van der Waals surface area contributed by atoms with Gasteiger partial charge in [0.25, 0.3) is 0 Å². The molecule has 5 rings (SSSR count). The van der Waals surface area contributed by atoms with Gasteiger partial charge in [-0.15, -0.1) is 0 Å². The molecule has 53 heavy (non-hydrogen) atoms. The molecule has 1 aliphatic rings. The van der Waals surface area contributed by atoms with Gasteiger partial charge in [0, 0.05) is 50.5 Å². The van der Waals surface area contributed by atoms with Crippen molar-refractivity contribution in [1.29, 1.82) is 0 Å². The van der Waals surface area contributed by atoms with Gasteiger partial charge in [0.05, 0.1) is 24.9 Å². The monoisotopic (exact) mass is 721 g/mol. The largest absolute Gasteiger partial charge is 0.392 e. The van der Waals surface area contributed by atoms with E-state index in [-0.39, 0.29) is 42.6 Å². The second-order valence-corrected chi connectivity index (χ2v) is 14.3. The van der Waals surface area contributed by atoms with E-state index >= 15 is 0 Å². The number of hydrogen-bond acceptors (Lipinski definition) is 7. The molecule has 1 saturated heterocycles. The van der Waals surface area contributed by atoms with Crippen molar-refractivity contribution < 1.29 is 29.3 Å². The van der Waals surface area contributed by atoms with Gasteiger partial charge in [-0.25, -0.2) is 0 Å². The molecule has 9 nitrogen and oxygen atoms in total. The number of aliphatic hydroxyl groups excluding tert-OH is 2. The van der Waals surface area contributed by atoms with E-state index < -0.39 is 12.4 Å². The fourth-order valence-corrected chi connectivity index (χ4v) is 6.78. The van der Waals surface area contributed by atoms with Crippen LogP contribution in [-0.4, -0.2) is 59.2 Å². The van der Waals surface area contributed by atoms with E-state index in [1.807, 2.05) is 92.8 Å². The first kappa shape index (κ1) is 39.8. The maximum absolute atomic E-state index is 12.4. The van der Waals surface area contributed by atoms with Crippen LogP contribution in [0, 0.1) is 5.92 Å². The van der Waals surface area contributed by atoms with Crippen molar-refractivity contribution >= 4 is 11.8 Å². The lowest BCUT2D eigenvalue weighted by Gasteiger charge is -2.43. The summed E-state index contributed by atoms with van der Waals surface area (Å²) in [5, 5.41) is 26.6. The molecule has 1 aliphatic heterocycles. The Morgan fingerprint density at radius 3 is 2.23 bits per heavy atom. The highest BCUT2D eigenvalue weighted by molar-refractivity contribution is 5.76. The van der Waals surface area contributed by atoms with Crippen LogP contribution in [0.25, 0.3) is 11.1 Å². The third-order valence-electron chi connectivity index (χ3n) is 10.3. The average Bonchev–Trinajstić information content (AvgIpc) is 3.19. The van der Waals surface area contributed by atoms with Gasteiger partial charge in [0.2, 0.25) is 11.8 Å². The number of unbranched alkanes of at least 4 members (excludes halogenated alkanes) is 2. The average molecular weight is 722 g/mol. The summed E-state index contributed by atoms with van der Waals surface area (Å²) >= 11 is 0. The molecule has 6 atom stereocenters. The first-order chi connectivity index (χ1) is 25.6. The highest BCUT2D eigenvalue weighted by atomic mass is 16.7. The Labute approximate surface area is 314 Å². The highest BCUT2D eigenvalue weighted by Gasteiger charge is 2.39. The molecule has 0 bridgehead atoms. The summed E-state index contributed by atoms with van der Waals surface area (Å²) in [7, 11) is 2.02. The quantitative estimate of drug-likeness (QED) is 0.0867. The Morgan fingerprint density at radius 1 is 0.811 bits per heavy atom. The zero-order valence-electron chi connectivity index (χ0n) is 31.4. The zero-order chi connectivity index (χ0) is 37.7. The van der Waals surface area contributed by atoms with Gasteiger partial charge >= 0.3 is 0 Å². The summed E-state index contributed by atoms with van der Waals surface area (Å²) < 4.78 is 13.4. The Balaban J connectivity index is 1.25. The molecule has 2 amide bonds. The molecule has 4 N–H and O–H groups in total. The molecule has 0 aromatic heterocycles. The van der Waals surface area contributed by atoms with Crippen molar-refractivity contribution in [2.75, 3.05) is 20.1 Å². The Hall–Kier alpha value is -4.38. The Kier molecular flexibility index (Phi) is 14.7. The van der Waals surface area contributed by atoms with Crippen LogP contribution >= 0.6 is 0 Å². The van der Waals surface area contributed by atoms with Crippen molar-refractivity contribution in [2.45, 2.75) is 90.2 Å². The van der Waals surface area contributed by atoms with Crippen LogP contribution in [-0.2, 0) is 32.2 Å². The van der Waals surface area contributed by atoms with Crippen LogP contribution in [0.1, 0.15) is 92.8 Å². The van der Waals surface area contributed by atoms with Gasteiger partial charge < -0.3 is 30.3 Å². The Morgan fingerprint density at radius 2 is 1.53 bits per heavy atom. The smallest absolute Gasteiger partial charge is 0.220 e. The fraction of sp³-hybridized carbons (Fsp3) is 0.409. The Bertz CT molecular complexity index is 1730.